The Morgan fingerprint density at radius 2 is 1.69 bits per heavy atom. The van der Waals surface area contributed by atoms with Gasteiger partial charge in [0.05, 0.1) is 17.9 Å². The van der Waals surface area contributed by atoms with Crippen LogP contribution in [0.1, 0.15) is 70.6 Å². The topological polar surface area (TPSA) is 90.4 Å². The summed E-state index contributed by atoms with van der Waals surface area (Å²) in [6.07, 6.45) is 12.8. The van der Waals surface area contributed by atoms with Gasteiger partial charge >= 0.3 is 0 Å². The van der Waals surface area contributed by atoms with Gasteiger partial charge in [0.1, 0.15) is 11.6 Å². The number of ether oxygens (including phenoxy) is 1. The summed E-state index contributed by atoms with van der Waals surface area (Å²) in [6, 6.07) is 8.86. The molecule has 8 heteroatoms. The molecule has 5 rings (SSSR count). The molecule has 42 heavy (non-hydrogen) atoms. The molecule has 4 fully saturated rings. The summed E-state index contributed by atoms with van der Waals surface area (Å²) in [7, 11) is 0. The standard InChI is InChI=1S/C34H47N3O5/c1-3-21-35(25-15-9-7-10-16-25)31(39)28-27-19-20-34(42-27)29(28)32(40)37(23-13-5-6-14-24-38)30(34)33(41)36(22-4-2)26-17-11-8-12-18-26/h3-4,7,9-10,15-16,26-30,38H,1-2,5-6,8,11-14,17-24H2/t27-,28+,29+,30?,34?/m1/s1. The van der Waals surface area contributed by atoms with Gasteiger partial charge in [-0.3, -0.25) is 14.4 Å². The van der Waals surface area contributed by atoms with Gasteiger partial charge in [-0.05, 0) is 50.7 Å². The second-order valence-electron chi connectivity index (χ2n) is 12.4. The van der Waals surface area contributed by atoms with Gasteiger partial charge in [-0.25, -0.2) is 0 Å². The lowest BCUT2D eigenvalue weighted by Crippen LogP contribution is -2.58. The number of benzene rings is 1. The number of carbonyl (C=O) groups is 3. The summed E-state index contributed by atoms with van der Waals surface area (Å²) in [4.78, 5) is 48.8. The molecule has 2 unspecified atom stereocenters. The van der Waals surface area contributed by atoms with Crippen LogP contribution in [0.2, 0.25) is 0 Å². The Morgan fingerprint density at radius 1 is 0.976 bits per heavy atom. The molecule has 4 aliphatic rings. The summed E-state index contributed by atoms with van der Waals surface area (Å²) in [5.74, 6) is -1.68. The Morgan fingerprint density at radius 3 is 2.38 bits per heavy atom. The lowest BCUT2D eigenvalue weighted by atomic mass is 9.70. The Labute approximate surface area is 250 Å². The lowest BCUT2D eigenvalue weighted by molar-refractivity contribution is -0.150. The fourth-order valence-electron chi connectivity index (χ4n) is 8.05. The lowest BCUT2D eigenvalue weighted by Gasteiger charge is -2.40. The molecule has 3 heterocycles. The average molecular weight is 578 g/mol. The second kappa shape index (κ2) is 13.6. The van der Waals surface area contributed by atoms with Crippen LogP contribution in [0.25, 0.3) is 0 Å². The number of unbranched alkanes of at least 4 members (excludes halogenated alkanes) is 3. The summed E-state index contributed by atoms with van der Waals surface area (Å²) in [6.45, 7) is 9.17. The Kier molecular flexibility index (Phi) is 9.84. The van der Waals surface area contributed by atoms with Crippen molar-refractivity contribution in [2.24, 2.45) is 11.8 Å². The minimum Gasteiger partial charge on any atom is -0.396 e. The monoisotopic (exact) mass is 577 g/mol. The number of para-hydroxylation sites is 1. The number of aliphatic hydroxyl groups is 1. The highest BCUT2D eigenvalue weighted by molar-refractivity contribution is 6.03. The van der Waals surface area contributed by atoms with E-state index in [-0.39, 0.29) is 30.4 Å². The zero-order valence-corrected chi connectivity index (χ0v) is 24.9. The molecule has 3 saturated heterocycles. The first-order valence-electron chi connectivity index (χ1n) is 16.0. The van der Waals surface area contributed by atoms with Crippen molar-refractivity contribution in [1.82, 2.24) is 9.80 Å². The Balaban J connectivity index is 1.48. The molecule has 2 bridgehead atoms. The van der Waals surface area contributed by atoms with Gasteiger partial charge in [0, 0.05) is 38.0 Å². The van der Waals surface area contributed by atoms with Crippen molar-refractivity contribution in [2.75, 3.05) is 31.1 Å². The quantitative estimate of drug-likeness (QED) is 0.260. The predicted molar refractivity (Wildman–Crippen MR) is 163 cm³/mol. The molecule has 1 aromatic rings. The smallest absolute Gasteiger partial charge is 0.248 e. The molecule has 1 aliphatic carbocycles. The molecular formula is C34H47N3O5. The van der Waals surface area contributed by atoms with Crippen molar-refractivity contribution < 1.29 is 24.2 Å². The van der Waals surface area contributed by atoms with Crippen molar-refractivity contribution in [3.8, 4) is 0 Å². The van der Waals surface area contributed by atoms with Crippen LogP contribution < -0.4 is 4.90 Å². The summed E-state index contributed by atoms with van der Waals surface area (Å²) in [5, 5.41) is 9.21. The molecule has 0 radical (unpaired) electrons. The van der Waals surface area contributed by atoms with Crippen LogP contribution in [-0.4, -0.2) is 82.7 Å². The molecule has 228 valence electrons. The number of hydrogen-bond acceptors (Lipinski definition) is 5. The maximum absolute atomic E-state index is 14.6. The molecular weight excluding hydrogens is 530 g/mol. The van der Waals surface area contributed by atoms with Crippen molar-refractivity contribution >= 4 is 23.4 Å². The van der Waals surface area contributed by atoms with Gasteiger partial charge in [0.2, 0.25) is 17.7 Å². The number of amides is 3. The van der Waals surface area contributed by atoms with E-state index < -0.39 is 29.6 Å². The van der Waals surface area contributed by atoms with Gasteiger partial charge < -0.3 is 24.5 Å². The van der Waals surface area contributed by atoms with E-state index in [4.69, 9.17) is 4.74 Å². The first-order valence-corrected chi connectivity index (χ1v) is 16.0. The maximum atomic E-state index is 14.6. The van der Waals surface area contributed by atoms with Crippen molar-refractivity contribution in [3.63, 3.8) is 0 Å². The van der Waals surface area contributed by atoms with Gasteiger partial charge in [-0.15, -0.1) is 13.2 Å². The molecule has 5 atom stereocenters. The molecule has 3 aliphatic heterocycles. The highest BCUT2D eigenvalue weighted by Gasteiger charge is 2.75. The molecule has 1 spiro atoms. The fourth-order valence-corrected chi connectivity index (χ4v) is 8.05. The van der Waals surface area contributed by atoms with E-state index >= 15 is 0 Å². The number of aliphatic hydroxyl groups excluding tert-OH is 1. The number of anilines is 1. The van der Waals surface area contributed by atoms with Crippen LogP contribution in [-0.2, 0) is 19.1 Å². The van der Waals surface area contributed by atoms with Crippen molar-refractivity contribution in [2.45, 2.75) is 94.4 Å². The van der Waals surface area contributed by atoms with Gasteiger partial charge in [0.15, 0.2) is 0 Å². The fraction of sp³-hybridized carbons (Fsp3) is 0.618. The Bertz CT molecular complexity index is 1140. The van der Waals surface area contributed by atoms with Gasteiger partial charge in [-0.2, -0.15) is 0 Å². The predicted octanol–water partition coefficient (Wildman–Crippen LogP) is 4.48. The third-order valence-corrected chi connectivity index (χ3v) is 9.90. The minimum atomic E-state index is -1.01. The number of likely N-dealkylation sites (tertiary alicyclic amines) is 1. The molecule has 1 saturated carbocycles. The number of nitrogens with zero attached hydrogens (tertiary/aromatic N) is 3. The SMILES string of the molecule is C=CCN(C(=O)[C@@H]1[C@H]2C(=O)N(CCCCCCO)C(C(=O)N(CC=C)C3CCCCC3)C23CC[C@H]1O3)c1ccccc1. The first-order chi connectivity index (χ1) is 20.5. The van der Waals surface area contributed by atoms with E-state index in [2.05, 4.69) is 13.2 Å². The van der Waals surface area contributed by atoms with E-state index in [1.807, 2.05) is 35.2 Å². The van der Waals surface area contributed by atoms with Crippen molar-refractivity contribution in [1.29, 1.82) is 0 Å². The third kappa shape index (κ3) is 5.55. The Hall–Kier alpha value is -2.97. The first kappa shape index (κ1) is 30.5. The summed E-state index contributed by atoms with van der Waals surface area (Å²) < 4.78 is 6.73. The van der Waals surface area contributed by atoms with Crippen LogP contribution in [0.15, 0.2) is 55.6 Å². The van der Waals surface area contributed by atoms with Gasteiger partial charge in [-0.1, -0.05) is 62.5 Å². The molecule has 0 aromatic heterocycles. The second-order valence-corrected chi connectivity index (χ2v) is 12.4. The minimum absolute atomic E-state index is 0.0623. The highest BCUT2D eigenvalue weighted by Crippen LogP contribution is 2.59. The number of fused-ring (bicyclic) bond motifs is 1. The van der Waals surface area contributed by atoms with E-state index in [1.165, 1.54) is 6.42 Å². The number of carbonyl (C=O) groups excluding carboxylic acids is 3. The molecule has 3 amide bonds. The number of rotatable bonds is 14. The zero-order chi connectivity index (χ0) is 29.7. The third-order valence-electron chi connectivity index (χ3n) is 9.90. The average Bonchev–Trinajstić information content (AvgIpc) is 3.66. The van der Waals surface area contributed by atoms with Crippen LogP contribution in [0, 0.1) is 11.8 Å². The van der Waals surface area contributed by atoms with E-state index in [9.17, 15) is 19.5 Å². The van der Waals surface area contributed by atoms with Gasteiger partial charge in [0.25, 0.3) is 0 Å². The summed E-state index contributed by atoms with van der Waals surface area (Å²) in [5.41, 5.74) is -0.248. The van der Waals surface area contributed by atoms with Crippen LogP contribution in [0.3, 0.4) is 0 Å². The van der Waals surface area contributed by atoms with E-state index in [0.29, 0.717) is 32.5 Å². The maximum Gasteiger partial charge on any atom is 0.248 e. The van der Waals surface area contributed by atoms with Crippen LogP contribution >= 0.6 is 0 Å². The largest absolute Gasteiger partial charge is 0.396 e. The van der Waals surface area contributed by atoms with Crippen LogP contribution in [0.5, 0.6) is 0 Å². The molecule has 8 nitrogen and oxygen atoms in total. The van der Waals surface area contributed by atoms with Crippen molar-refractivity contribution in [3.05, 3.63) is 55.6 Å². The summed E-state index contributed by atoms with van der Waals surface area (Å²) >= 11 is 0. The molecule has 1 N–H and O–H groups in total. The highest BCUT2D eigenvalue weighted by atomic mass is 16.5. The normalized spacial score (nSPS) is 28.5. The van der Waals surface area contributed by atoms with E-state index in [1.54, 1.807) is 22.0 Å². The molecule has 1 aromatic carbocycles. The van der Waals surface area contributed by atoms with Crippen LogP contribution in [0.4, 0.5) is 5.69 Å². The zero-order valence-electron chi connectivity index (χ0n) is 24.9. The van der Waals surface area contributed by atoms with E-state index in [0.717, 1.165) is 57.1 Å². The number of hydrogen-bond donors (Lipinski definition) is 1.